The first-order valence-corrected chi connectivity index (χ1v) is 5.16. The monoisotopic (exact) mass is 293 g/mol. The van der Waals surface area contributed by atoms with Gasteiger partial charge in [-0.05, 0) is 6.07 Å². The first kappa shape index (κ1) is 12.6. The molecule has 0 aliphatic heterocycles. The van der Waals surface area contributed by atoms with Crippen LogP contribution in [0.5, 0.6) is 0 Å². The summed E-state index contributed by atoms with van der Waals surface area (Å²) in [7, 11) is 0. The van der Waals surface area contributed by atoms with Crippen molar-refractivity contribution in [2.45, 2.75) is 0 Å². The van der Waals surface area contributed by atoms with Crippen molar-refractivity contribution in [3.63, 3.8) is 0 Å². The zero-order valence-electron chi connectivity index (χ0n) is 7.76. The minimum absolute atomic E-state index is 0.0783. The maximum absolute atomic E-state index is 12.8. The topological polar surface area (TPSA) is 66.4 Å². The number of amides is 1. The number of hydrogen-bond acceptors (Lipinski definition) is 2. The highest BCUT2D eigenvalue weighted by molar-refractivity contribution is 9.09. The summed E-state index contributed by atoms with van der Waals surface area (Å²) in [5, 5.41) is 10.8. The molecule has 0 heterocycles. The molecule has 7 heteroatoms. The molecule has 1 aromatic carbocycles. The molecule has 16 heavy (non-hydrogen) atoms. The van der Waals surface area contributed by atoms with Crippen LogP contribution < -0.4 is 5.32 Å². The van der Waals surface area contributed by atoms with E-state index in [0.717, 1.165) is 0 Å². The van der Waals surface area contributed by atoms with Gasteiger partial charge in [-0.1, -0.05) is 15.9 Å². The van der Waals surface area contributed by atoms with E-state index in [2.05, 4.69) is 21.2 Å². The zero-order valence-corrected chi connectivity index (χ0v) is 9.35. The molecule has 0 spiro atoms. The Balaban J connectivity index is 3.19. The Morgan fingerprint density at radius 3 is 2.38 bits per heavy atom. The maximum Gasteiger partial charge on any atom is 0.337 e. The third kappa shape index (κ3) is 2.75. The van der Waals surface area contributed by atoms with Crippen molar-refractivity contribution in [2.75, 3.05) is 10.6 Å². The van der Waals surface area contributed by atoms with Crippen molar-refractivity contribution >= 4 is 33.5 Å². The smallest absolute Gasteiger partial charge is 0.337 e. The van der Waals surface area contributed by atoms with Gasteiger partial charge in [0.2, 0.25) is 5.91 Å². The molecule has 0 aliphatic carbocycles. The van der Waals surface area contributed by atoms with E-state index in [1.54, 1.807) is 0 Å². The van der Waals surface area contributed by atoms with Gasteiger partial charge in [-0.2, -0.15) is 0 Å². The van der Waals surface area contributed by atoms with E-state index in [1.807, 2.05) is 0 Å². The lowest BCUT2D eigenvalue weighted by Crippen LogP contribution is -2.16. The number of carboxylic acid groups (broad SMARTS) is 1. The molecular weight excluding hydrogens is 288 g/mol. The Bertz CT molecular complexity index is 451. The van der Waals surface area contributed by atoms with Crippen molar-refractivity contribution < 1.29 is 23.5 Å². The standard InChI is InChI=1S/C9H6BrF2NO3/c10-3-8(14)13-7-2-6(12)5(11)1-4(7)9(15)16/h1-2H,3H2,(H,13,14)(H,15,16). The van der Waals surface area contributed by atoms with Crippen LogP contribution in [0.25, 0.3) is 0 Å². The lowest BCUT2D eigenvalue weighted by Gasteiger charge is -2.07. The fraction of sp³-hybridized carbons (Fsp3) is 0.111. The van der Waals surface area contributed by atoms with Crippen LogP contribution in [0.2, 0.25) is 0 Å². The number of nitrogens with one attached hydrogen (secondary N) is 1. The van der Waals surface area contributed by atoms with Crippen molar-refractivity contribution in [3.8, 4) is 0 Å². The first-order chi connectivity index (χ1) is 7.45. The van der Waals surface area contributed by atoms with Crippen molar-refractivity contribution in [1.29, 1.82) is 0 Å². The molecule has 1 aromatic rings. The number of alkyl halides is 1. The first-order valence-electron chi connectivity index (χ1n) is 4.04. The Hall–Kier alpha value is -1.50. The zero-order chi connectivity index (χ0) is 12.3. The van der Waals surface area contributed by atoms with Gasteiger partial charge < -0.3 is 10.4 Å². The summed E-state index contributed by atoms with van der Waals surface area (Å²) < 4.78 is 25.6. The van der Waals surface area contributed by atoms with Crippen LogP contribution in [-0.2, 0) is 4.79 Å². The second kappa shape index (κ2) is 5.02. The molecule has 4 nitrogen and oxygen atoms in total. The molecular formula is C9H6BrF2NO3. The van der Waals surface area contributed by atoms with Crippen LogP contribution in [-0.4, -0.2) is 22.3 Å². The third-order valence-electron chi connectivity index (χ3n) is 1.69. The molecule has 0 aliphatic rings. The van der Waals surface area contributed by atoms with Gasteiger partial charge in [-0.25, -0.2) is 13.6 Å². The van der Waals surface area contributed by atoms with Crippen molar-refractivity contribution in [3.05, 3.63) is 29.3 Å². The molecule has 0 atom stereocenters. The molecule has 0 saturated carbocycles. The lowest BCUT2D eigenvalue weighted by molar-refractivity contribution is -0.113. The molecule has 0 aromatic heterocycles. The molecule has 0 saturated heterocycles. The predicted molar refractivity (Wildman–Crippen MR) is 55.7 cm³/mol. The summed E-state index contributed by atoms with van der Waals surface area (Å²) in [5.74, 6) is -4.53. The highest BCUT2D eigenvalue weighted by Crippen LogP contribution is 2.20. The summed E-state index contributed by atoms with van der Waals surface area (Å²) >= 11 is 2.84. The quantitative estimate of drug-likeness (QED) is 0.838. The summed E-state index contributed by atoms with van der Waals surface area (Å²) in [5.41, 5.74) is -0.788. The Morgan fingerprint density at radius 1 is 1.31 bits per heavy atom. The average Bonchev–Trinajstić information content (AvgIpc) is 2.22. The van der Waals surface area contributed by atoms with E-state index in [9.17, 15) is 18.4 Å². The summed E-state index contributed by atoms with van der Waals surface area (Å²) in [6, 6.07) is 1.14. The largest absolute Gasteiger partial charge is 0.478 e. The second-order valence-corrected chi connectivity index (χ2v) is 3.36. The summed E-state index contributed by atoms with van der Waals surface area (Å²) in [6.07, 6.45) is 0. The second-order valence-electron chi connectivity index (χ2n) is 2.80. The van der Waals surface area contributed by atoms with Crippen LogP contribution in [0.3, 0.4) is 0 Å². The SMILES string of the molecule is O=C(CBr)Nc1cc(F)c(F)cc1C(=O)O. The van der Waals surface area contributed by atoms with Gasteiger partial charge in [-0.3, -0.25) is 4.79 Å². The molecule has 86 valence electrons. The number of aromatic carboxylic acids is 1. The Labute approximate surface area is 97.4 Å². The normalized spacial score (nSPS) is 9.94. The Kier molecular flexibility index (Phi) is 3.94. The Morgan fingerprint density at radius 2 is 1.88 bits per heavy atom. The number of carboxylic acids is 1. The average molecular weight is 294 g/mol. The molecule has 0 unspecified atom stereocenters. The number of rotatable bonds is 3. The van der Waals surface area contributed by atoms with Gasteiger partial charge in [0, 0.05) is 6.07 Å². The van der Waals surface area contributed by atoms with E-state index in [1.165, 1.54) is 0 Å². The van der Waals surface area contributed by atoms with Crippen molar-refractivity contribution in [2.24, 2.45) is 0 Å². The fourth-order valence-corrected chi connectivity index (χ4v) is 1.15. The van der Waals surface area contributed by atoms with E-state index in [-0.39, 0.29) is 11.0 Å². The van der Waals surface area contributed by atoms with E-state index >= 15 is 0 Å². The molecule has 0 radical (unpaired) electrons. The van der Waals surface area contributed by atoms with Gasteiger partial charge in [0.25, 0.3) is 0 Å². The number of carbonyl (C=O) groups excluding carboxylic acids is 1. The van der Waals surface area contributed by atoms with Crippen LogP contribution in [0.1, 0.15) is 10.4 Å². The van der Waals surface area contributed by atoms with Gasteiger partial charge in [0.15, 0.2) is 11.6 Å². The summed E-state index contributed by atoms with van der Waals surface area (Å²) in [6.45, 7) is 0. The van der Waals surface area contributed by atoms with Gasteiger partial charge in [0.1, 0.15) is 0 Å². The molecule has 2 N–H and O–H groups in total. The van der Waals surface area contributed by atoms with Crippen LogP contribution in [0.15, 0.2) is 12.1 Å². The van der Waals surface area contributed by atoms with Gasteiger partial charge in [-0.15, -0.1) is 0 Å². The highest BCUT2D eigenvalue weighted by Gasteiger charge is 2.16. The molecule has 1 rings (SSSR count). The van der Waals surface area contributed by atoms with E-state index in [0.29, 0.717) is 12.1 Å². The number of anilines is 1. The number of halogens is 3. The van der Waals surface area contributed by atoms with Crippen LogP contribution in [0, 0.1) is 11.6 Å². The van der Waals surface area contributed by atoms with Gasteiger partial charge in [0.05, 0.1) is 16.6 Å². The van der Waals surface area contributed by atoms with Gasteiger partial charge >= 0.3 is 5.97 Å². The minimum atomic E-state index is -1.45. The van der Waals surface area contributed by atoms with E-state index in [4.69, 9.17) is 5.11 Å². The number of carbonyl (C=O) groups is 2. The highest BCUT2D eigenvalue weighted by atomic mass is 79.9. The minimum Gasteiger partial charge on any atom is -0.478 e. The lowest BCUT2D eigenvalue weighted by atomic mass is 10.1. The van der Waals surface area contributed by atoms with E-state index < -0.39 is 29.1 Å². The molecule has 0 bridgehead atoms. The molecule has 1 amide bonds. The number of benzene rings is 1. The fourth-order valence-electron chi connectivity index (χ4n) is 1.01. The van der Waals surface area contributed by atoms with Crippen LogP contribution >= 0.6 is 15.9 Å². The maximum atomic E-state index is 12.8. The molecule has 0 fully saturated rings. The third-order valence-corrected chi connectivity index (χ3v) is 2.20. The summed E-state index contributed by atoms with van der Waals surface area (Å²) in [4.78, 5) is 21.7. The van der Waals surface area contributed by atoms with Crippen LogP contribution in [0.4, 0.5) is 14.5 Å². The van der Waals surface area contributed by atoms with Crippen molar-refractivity contribution in [1.82, 2.24) is 0 Å². The predicted octanol–water partition coefficient (Wildman–Crippen LogP) is 2.00. The number of hydrogen-bond donors (Lipinski definition) is 2.